The van der Waals surface area contributed by atoms with Gasteiger partial charge in [0.1, 0.15) is 5.82 Å². The van der Waals surface area contributed by atoms with Gasteiger partial charge in [-0.05, 0) is 53.2 Å². The van der Waals surface area contributed by atoms with Crippen LogP contribution in [0.4, 0.5) is 15.8 Å². The van der Waals surface area contributed by atoms with Gasteiger partial charge >= 0.3 is 0 Å². The van der Waals surface area contributed by atoms with Crippen molar-refractivity contribution in [3.63, 3.8) is 0 Å². The van der Waals surface area contributed by atoms with E-state index >= 15 is 0 Å². The second-order valence-electron chi connectivity index (χ2n) is 3.68. The Hall–Kier alpha value is -1.35. The third-order valence-electron chi connectivity index (χ3n) is 2.60. The van der Waals surface area contributed by atoms with Crippen LogP contribution in [-0.2, 0) is 0 Å². The SMILES string of the molecule is CCN(c1ccccc1)c1ccc(Br)c(F)c1. The first kappa shape index (κ1) is 12.1. The van der Waals surface area contributed by atoms with Crippen LogP contribution in [0.1, 0.15) is 6.92 Å². The third kappa shape index (κ3) is 2.67. The van der Waals surface area contributed by atoms with E-state index in [1.807, 2.05) is 43.3 Å². The molecule has 0 radical (unpaired) electrons. The van der Waals surface area contributed by atoms with E-state index in [1.165, 1.54) is 0 Å². The Labute approximate surface area is 109 Å². The second-order valence-corrected chi connectivity index (χ2v) is 4.53. The molecule has 0 unspecified atom stereocenters. The van der Waals surface area contributed by atoms with Crippen LogP contribution in [0.5, 0.6) is 0 Å². The number of halogens is 2. The summed E-state index contributed by atoms with van der Waals surface area (Å²) in [6.07, 6.45) is 0. The molecule has 0 aromatic heterocycles. The van der Waals surface area contributed by atoms with Gasteiger partial charge in [0.25, 0.3) is 0 Å². The molecule has 3 heteroatoms. The van der Waals surface area contributed by atoms with Gasteiger partial charge in [0, 0.05) is 17.9 Å². The van der Waals surface area contributed by atoms with Gasteiger partial charge in [-0.15, -0.1) is 0 Å². The highest BCUT2D eigenvalue weighted by molar-refractivity contribution is 9.10. The summed E-state index contributed by atoms with van der Waals surface area (Å²) in [4.78, 5) is 2.06. The largest absolute Gasteiger partial charge is 0.342 e. The molecule has 1 nitrogen and oxygen atoms in total. The first-order valence-electron chi connectivity index (χ1n) is 5.50. The van der Waals surface area contributed by atoms with E-state index in [-0.39, 0.29) is 5.82 Å². The zero-order valence-electron chi connectivity index (χ0n) is 9.53. The number of hydrogen-bond acceptors (Lipinski definition) is 1. The number of anilines is 2. The lowest BCUT2D eigenvalue weighted by atomic mass is 10.2. The Bertz CT molecular complexity index is 499. The molecule has 0 saturated heterocycles. The third-order valence-corrected chi connectivity index (χ3v) is 3.24. The molecule has 0 amide bonds. The van der Waals surface area contributed by atoms with Crippen molar-refractivity contribution in [2.24, 2.45) is 0 Å². The summed E-state index contributed by atoms with van der Waals surface area (Å²) in [5.41, 5.74) is 1.93. The first-order chi connectivity index (χ1) is 8.22. The van der Waals surface area contributed by atoms with E-state index in [2.05, 4.69) is 20.8 Å². The lowest BCUT2D eigenvalue weighted by molar-refractivity contribution is 0.621. The van der Waals surface area contributed by atoms with E-state index in [0.29, 0.717) is 4.47 Å². The average Bonchev–Trinajstić information content (AvgIpc) is 2.36. The molecule has 0 atom stereocenters. The van der Waals surface area contributed by atoms with Crippen molar-refractivity contribution >= 4 is 27.3 Å². The summed E-state index contributed by atoms with van der Waals surface area (Å²) in [6.45, 7) is 2.85. The molecule has 2 aromatic rings. The summed E-state index contributed by atoms with van der Waals surface area (Å²) in [7, 11) is 0. The molecule has 0 N–H and O–H groups in total. The minimum atomic E-state index is -0.239. The summed E-state index contributed by atoms with van der Waals surface area (Å²) in [5, 5.41) is 0. The molecule has 88 valence electrons. The van der Waals surface area contributed by atoms with E-state index in [9.17, 15) is 4.39 Å². The van der Waals surface area contributed by atoms with Gasteiger partial charge < -0.3 is 4.90 Å². The second kappa shape index (κ2) is 5.32. The van der Waals surface area contributed by atoms with Gasteiger partial charge in [0.2, 0.25) is 0 Å². The lowest BCUT2D eigenvalue weighted by Crippen LogP contribution is -2.15. The highest BCUT2D eigenvalue weighted by Gasteiger charge is 2.08. The van der Waals surface area contributed by atoms with Crippen LogP contribution in [0.3, 0.4) is 0 Å². The van der Waals surface area contributed by atoms with Gasteiger partial charge in [0.15, 0.2) is 0 Å². The average molecular weight is 294 g/mol. The van der Waals surface area contributed by atoms with Gasteiger partial charge in [-0.2, -0.15) is 0 Å². The monoisotopic (exact) mass is 293 g/mol. The van der Waals surface area contributed by atoms with Crippen LogP contribution >= 0.6 is 15.9 Å². The van der Waals surface area contributed by atoms with Crippen LogP contribution in [0.25, 0.3) is 0 Å². The zero-order valence-corrected chi connectivity index (χ0v) is 11.1. The maximum Gasteiger partial charge on any atom is 0.139 e. The lowest BCUT2D eigenvalue weighted by Gasteiger charge is -2.23. The molecule has 0 heterocycles. The molecule has 0 aliphatic rings. The van der Waals surface area contributed by atoms with Crippen molar-refractivity contribution in [3.05, 3.63) is 58.8 Å². The number of hydrogen-bond donors (Lipinski definition) is 0. The molecule has 0 aliphatic heterocycles. The fourth-order valence-corrected chi connectivity index (χ4v) is 2.02. The van der Waals surface area contributed by atoms with Crippen LogP contribution in [0, 0.1) is 5.82 Å². The Kier molecular flexibility index (Phi) is 3.79. The summed E-state index contributed by atoms with van der Waals surface area (Å²) in [6, 6.07) is 15.1. The fraction of sp³-hybridized carbons (Fsp3) is 0.143. The Balaban J connectivity index is 2.39. The molecule has 2 aromatic carbocycles. The van der Waals surface area contributed by atoms with Crippen molar-refractivity contribution in [2.45, 2.75) is 6.92 Å². The molecule has 0 spiro atoms. The number of nitrogens with zero attached hydrogens (tertiary/aromatic N) is 1. The Morgan fingerprint density at radius 2 is 1.76 bits per heavy atom. The van der Waals surface area contributed by atoms with Crippen LogP contribution in [0.15, 0.2) is 53.0 Å². The molecule has 0 fully saturated rings. The van der Waals surface area contributed by atoms with Gasteiger partial charge in [-0.25, -0.2) is 4.39 Å². The van der Waals surface area contributed by atoms with Crippen LogP contribution in [-0.4, -0.2) is 6.54 Å². The minimum absolute atomic E-state index is 0.239. The molecule has 0 aliphatic carbocycles. The van der Waals surface area contributed by atoms with E-state index in [4.69, 9.17) is 0 Å². The fourth-order valence-electron chi connectivity index (χ4n) is 1.78. The summed E-state index contributed by atoms with van der Waals surface area (Å²) < 4.78 is 14.0. The molecule has 0 bridgehead atoms. The summed E-state index contributed by atoms with van der Waals surface area (Å²) in [5.74, 6) is -0.239. The van der Waals surface area contributed by atoms with Gasteiger partial charge in [-0.1, -0.05) is 18.2 Å². The normalized spacial score (nSPS) is 10.3. The van der Waals surface area contributed by atoms with E-state index in [1.54, 1.807) is 12.1 Å². The van der Waals surface area contributed by atoms with Crippen molar-refractivity contribution in [1.82, 2.24) is 0 Å². The smallest absolute Gasteiger partial charge is 0.139 e. The minimum Gasteiger partial charge on any atom is -0.342 e. The molecular weight excluding hydrogens is 281 g/mol. The van der Waals surface area contributed by atoms with Crippen LogP contribution in [0.2, 0.25) is 0 Å². The van der Waals surface area contributed by atoms with E-state index < -0.39 is 0 Å². The molecule has 0 saturated carbocycles. The highest BCUT2D eigenvalue weighted by Crippen LogP contribution is 2.27. The highest BCUT2D eigenvalue weighted by atomic mass is 79.9. The predicted molar refractivity (Wildman–Crippen MR) is 73.2 cm³/mol. The first-order valence-corrected chi connectivity index (χ1v) is 6.29. The topological polar surface area (TPSA) is 3.24 Å². The summed E-state index contributed by atoms with van der Waals surface area (Å²) >= 11 is 3.16. The number of rotatable bonds is 3. The van der Waals surface area contributed by atoms with Crippen molar-refractivity contribution in [3.8, 4) is 0 Å². The van der Waals surface area contributed by atoms with Crippen molar-refractivity contribution in [2.75, 3.05) is 11.4 Å². The van der Waals surface area contributed by atoms with Crippen molar-refractivity contribution < 1.29 is 4.39 Å². The molecular formula is C14H13BrFN. The Morgan fingerprint density at radius 3 is 2.35 bits per heavy atom. The maximum absolute atomic E-state index is 13.5. The quantitative estimate of drug-likeness (QED) is 0.790. The predicted octanol–water partition coefficient (Wildman–Crippen LogP) is 4.75. The van der Waals surface area contributed by atoms with Gasteiger partial charge in [0.05, 0.1) is 4.47 Å². The maximum atomic E-state index is 13.5. The Morgan fingerprint density at radius 1 is 1.06 bits per heavy atom. The standard InChI is InChI=1S/C14H13BrFN/c1-2-17(11-6-4-3-5-7-11)12-8-9-13(15)14(16)10-12/h3-10H,2H2,1H3. The number of benzene rings is 2. The van der Waals surface area contributed by atoms with Gasteiger partial charge in [-0.3, -0.25) is 0 Å². The molecule has 2 rings (SSSR count). The molecule has 17 heavy (non-hydrogen) atoms. The van der Waals surface area contributed by atoms with Crippen molar-refractivity contribution in [1.29, 1.82) is 0 Å². The van der Waals surface area contributed by atoms with Crippen LogP contribution < -0.4 is 4.90 Å². The van der Waals surface area contributed by atoms with E-state index in [0.717, 1.165) is 17.9 Å². The zero-order chi connectivity index (χ0) is 12.3. The number of para-hydroxylation sites is 1.